The summed E-state index contributed by atoms with van der Waals surface area (Å²) in [6.07, 6.45) is 69.9. The van der Waals surface area contributed by atoms with E-state index in [9.17, 15) is 19.8 Å². The van der Waals surface area contributed by atoms with Gasteiger partial charge in [0.25, 0.3) is 0 Å². The lowest BCUT2D eigenvalue weighted by Crippen LogP contribution is -2.45. The predicted molar refractivity (Wildman–Crippen MR) is 301 cm³/mol. The van der Waals surface area contributed by atoms with Crippen molar-refractivity contribution in [2.75, 3.05) is 13.2 Å². The second-order valence-electron chi connectivity index (χ2n) is 22.1. The van der Waals surface area contributed by atoms with Crippen molar-refractivity contribution in [3.63, 3.8) is 0 Å². The first-order valence-corrected chi connectivity index (χ1v) is 31.8. The number of hydrogen-bond donors (Lipinski definition) is 3. The van der Waals surface area contributed by atoms with E-state index in [-0.39, 0.29) is 18.5 Å². The Balaban J connectivity index is 3.29. The largest absolute Gasteiger partial charge is 0.466 e. The Labute approximate surface area is 432 Å². The average molecular weight is 977 g/mol. The zero-order valence-electron chi connectivity index (χ0n) is 47.1. The molecule has 2 unspecified atom stereocenters. The molecule has 0 rings (SSSR count). The van der Waals surface area contributed by atoms with Crippen molar-refractivity contribution in [2.45, 2.75) is 379 Å². The molecule has 0 aromatic carbocycles. The molecule has 0 aliphatic heterocycles. The lowest BCUT2D eigenvalue weighted by atomic mass is 10.0. The Hall–Kier alpha value is -1.14. The molecule has 6 heteroatoms. The van der Waals surface area contributed by atoms with Crippen LogP contribution in [0.3, 0.4) is 0 Å². The first-order chi connectivity index (χ1) is 34.0. The predicted octanol–water partition coefficient (Wildman–Crippen LogP) is 19.9. The Morgan fingerprint density at radius 3 is 0.884 bits per heavy atom. The molecule has 0 spiro atoms. The molecule has 0 saturated heterocycles. The summed E-state index contributed by atoms with van der Waals surface area (Å²) in [6.45, 7) is 4.97. The summed E-state index contributed by atoms with van der Waals surface area (Å²) in [6, 6.07) is -0.536. The van der Waals surface area contributed by atoms with E-state index >= 15 is 0 Å². The van der Waals surface area contributed by atoms with Crippen molar-refractivity contribution in [3.05, 3.63) is 0 Å². The van der Waals surface area contributed by atoms with Crippen LogP contribution in [0, 0.1) is 0 Å². The molecule has 0 aromatic heterocycles. The molecule has 2 atom stereocenters. The zero-order valence-corrected chi connectivity index (χ0v) is 47.1. The van der Waals surface area contributed by atoms with Crippen LogP contribution in [0.5, 0.6) is 0 Å². The fourth-order valence-corrected chi connectivity index (χ4v) is 10.3. The standard InChI is InChI=1S/C63H125NO5/c1-3-5-7-9-11-13-14-15-16-17-28-31-34-37-41-45-49-53-57-63(68)69-58-54-50-46-42-38-35-32-29-26-24-22-20-18-19-21-23-25-27-30-33-36-40-44-48-52-56-62(67)64-60(59-65)61(66)55-51-47-43-39-12-10-8-6-4-2/h60-61,65-66H,3-59H2,1-2H3,(H,64,67). The van der Waals surface area contributed by atoms with Crippen molar-refractivity contribution < 1.29 is 24.5 Å². The van der Waals surface area contributed by atoms with Crippen LogP contribution < -0.4 is 5.32 Å². The third kappa shape index (κ3) is 56.0. The summed E-state index contributed by atoms with van der Waals surface area (Å²) in [5.74, 6) is -0.0120. The van der Waals surface area contributed by atoms with Gasteiger partial charge >= 0.3 is 5.97 Å². The molecule has 0 saturated carbocycles. The van der Waals surface area contributed by atoms with Crippen LogP contribution in [0.25, 0.3) is 0 Å². The highest BCUT2D eigenvalue weighted by Crippen LogP contribution is 2.19. The molecule has 0 heterocycles. The summed E-state index contributed by atoms with van der Waals surface area (Å²) in [7, 11) is 0. The van der Waals surface area contributed by atoms with Crippen LogP contribution in [0.2, 0.25) is 0 Å². The van der Waals surface area contributed by atoms with Crippen LogP contribution in [0.1, 0.15) is 367 Å². The molecule has 0 aliphatic carbocycles. The van der Waals surface area contributed by atoms with Crippen LogP contribution in [-0.4, -0.2) is 47.4 Å². The number of esters is 1. The van der Waals surface area contributed by atoms with Gasteiger partial charge in [0.05, 0.1) is 25.4 Å². The number of amides is 1. The average Bonchev–Trinajstić information content (AvgIpc) is 3.35. The number of unbranched alkanes of at least 4 members (excludes halogenated alkanes) is 49. The molecular weight excluding hydrogens is 851 g/mol. The van der Waals surface area contributed by atoms with Gasteiger partial charge in [-0.2, -0.15) is 0 Å². The molecule has 0 aromatic rings. The molecule has 1 amide bonds. The maximum atomic E-state index is 12.4. The van der Waals surface area contributed by atoms with Gasteiger partial charge in [-0.3, -0.25) is 9.59 Å². The van der Waals surface area contributed by atoms with Crippen LogP contribution in [0.15, 0.2) is 0 Å². The highest BCUT2D eigenvalue weighted by Gasteiger charge is 2.20. The van der Waals surface area contributed by atoms with Crippen molar-refractivity contribution >= 4 is 11.9 Å². The highest BCUT2D eigenvalue weighted by atomic mass is 16.5. The van der Waals surface area contributed by atoms with E-state index in [0.717, 1.165) is 38.5 Å². The van der Waals surface area contributed by atoms with Gasteiger partial charge in [0.1, 0.15) is 0 Å². The smallest absolute Gasteiger partial charge is 0.305 e. The summed E-state index contributed by atoms with van der Waals surface area (Å²) < 4.78 is 5.51. The Morgan fingerprint density at radius 1 is 0.348 bits per heavy atom. The summed E-state index contributed by atoms with van der Waals surface area (Å²) in [5, 5.41) is 23.1. The van der Waals surface area contributed by atoms with Crippen LogP contribution in [0.4, 0.5) is 0 Å². The van der Waals surface area contributed by atoms with E-state index in [2.05, 4.69) is 19.2 Å². The highest BCUT2D eigenvalue weighted by molar-refractivity contribution is 5.76. The second kappa shape index (κ2) is 59.4. The van der Waals surface area contributed by atoms with Gasteiger partial charge in [-0.25, -0.2) is 0 Å². The fraction of sp³-hybridized carbons (Fsp3) is 0.968. The second-order valence-corrected chi connectivity index (χ2v) is 22.1. The van der Waals surface area contributed by atoms with Crippen molar-refractivity contribution in [1.82, 2.24) is 5.32 Å². The summed E-state index contributed by atoms with van der Waals surface area (Å²) in [4.78, 5) is 24.5. The number of carbonyl (C=O) groups excluding carboxylic acids is 2. The normalized spacial score (nSPS) is 12.5. The maximum absolute atomic E-state index is 12.4. The van der Waals surface area contributed by atoms with E-state index in [1.54, 1.807) is 0 Å². The number of carbonyl (C=O) groups is 2. The molecule has 3 N–H and O–H groups in total. The van der Waals surface area contributed by atoms with E-state index in [1.165, 1.54) is 295 Å². The number of aliphatic hydroxyl groups is 2. The number of aliphatic hydroxyl groups excluding tert-OH is 2. The van der Waals surface area contributed by atoms with Gasteiger partial charge in [-0.05, 0) is 25.7 Å². The maximum Gasteiger partial charge on any atom is 0.305 e. The first kappa shape index (κ1) is 67.9. The SMILES string of the molecule is CCCCCCCCCCCCCCCCCCCCC(=O)OCCCCCCCCCCCCCCCCCCCCCCCCCCCC(=O)NC(CO)C(O)CCCCCCCCCCC. The monoisotopic (exact) mass is 976 g/mol. The Bertz CT molecular complexity index is 990. The molecule has 0 fully saturated rings. The van der Waals surface area contributed by atoms with Crippen molar-refractivity contribution in [3.8, 4) is 0 Å². The van der Waals surface area contributed by atoms with E-state index in [1.807, 2.05) is 0 Å². The van der Waals surface area contributed by atoms with Gasteiger partial charge in [0.2, 0.25) is 5.91 Å². The quantitative estimate of drug-likeness (QED) is 0.0417. The van der Waals surface area contributed by atoms with E-state index in [4.69, 9.17) is 4.74 Å². The molecule has 412 valence electrons. The van der Waals surface area contributed by atoms with E-state index in [0.29, 0.717) is 25.9 Å². The molecule has 0 aliphatic rings. The van der Waals surface area contributed by atoms with Crippen molar-refractivity contribution in [1.29, 1.82) is 0 Å². The molecule has 6 nitrogen and oxygen atoms in total. The van der Waals surface area contributed by atoms with Crippen LogP contribution in [-0.2, 0) is 14.3 Å². The van der Waals surface area contributed by atoms with E-state index < -0.39 is 12.1 Å². The Kier molecular flexibility index (Phi) is 58.4. The third-order valence-corrected chi connectivity index (χ3v) is 15.2. The lowest BCUT2D eigenvalue weighted by molar-refractivity contribution is -0.143. The number of nitrogens with one attached hydrogen (secondary N) is 1. The lowest BCUT2D eigenvalue weighted by Gasteiger charge is -2.22. The van der Waals surface area contributed by atoms with Gasteiger partial charge in [-0.1, -0.05) is 328 Å². The third-order valence-electron chi connectivity index (χ3n) is 15.2. The summed E-state index contributed by atoms with van der Waals surface area (Å²) >= 11 is 0. The number of hydrogen-bond acceptors (Lipinski definition) is 5. The minimum absolute atomic E-state index is 0.0216. The zero-order chi connectivity index (χ0) is 50.0. The molecule has 69 heavy (non-hydrogen) atoms. The first-order valence-electron chi connectivity index (χ1n) is 31.8. The van der Waals surface area contributed by atoms with Crippen LogP contribution >= 0.6 is 0 Å². The number of ether oxygens (including phenoxy) is 1. The van der Waals surface area contributed by atoms with Crippen molar-refractivity contribution in [2.24, 2.45) is 0 Å². The molecule has 0 bridgehead atoms. The van der Waals surface area contributed by atoms with Gasteiger partial charge in [0, 0.05) is 12.8 Å². The molecular formula is C63H125NO5. The topological polar surface area (TPSA) is 95.9 Å². The minimum atomic E-state index is -0.659. The fourth-order valence-electron chi connectivity index (χ4n) is 10.3. The number of rotatable bonds is 60. The molecule has 0 radical (unpaired) electrons. The van der Waals surface area contributed by atoms with Gasteiger partial charge in [-0.15, -0.1) is 0 Å². The summed E-state index contributed by atoms with van der Waals surface area (Å²) in [5.41, 5.74) is 0. The minimum Gasteiger partial charge on any atom is -0.466 e. The Morgan fingerprint density at radius 2 is 0.594 bits per heavy atom. The van der Waals surface area contributed by atoms with Gasteiger partial charge in [0.15, 0.2) is 0 Å². The van der Waals surface area contributed by atoms with Gasteiger partial charge < -0.3 is 20.3 Å².